The molecule has 0 bridgehead atoms. The van der Waals surface area contributed by atoms with Crippen LogP contribution in [0.25, 0.3) is 0 Å². The normalized spacial score (nSPS) is 14.1. The SMILES string of the molecule is CCc1nc(C)c(C(C)NC(CO)c2ccc(Cl)c(F)c2)s1. The van der Waals surface area contributed by atoms with Crippen LogP contribution in [0, 0.1) is 12.7 Å². The highest BCUT2D eigenvalue weighted by molar-refractivity contribution is 7.11. The van der Waals surface area contributed by atoms with Crippen molar-refractivity contribution in [3.05, 3.63) is 50.2 Å². The van der Waals surface area contributed by atoms with Crippen molar-refractivity contribution in [3.8, 4) is 0 Å². The summed E-state index contributed by atoms with van der Waals surface area (Å²) in [5.74, 6) is -0.477. The van der Waals surface area contributed by atoms with E-state index in [1.807, 2.05) is 13.8 Å². The van der Waals surface area contributed by atoms with Crippen molar-refractivity contribution in [1.29, 1.82) is 0 Å². The zero-order chi connectivity index (χ0) is 16.3. The number of rotatable bonds is 6. The van der Waals surface area contributed by atoms with Gasteiger partial charge in [-0.1, -0.05) is 24.6 Å². The molecule has 0 aliphatic heterocycles. The van der Waals surface area contributed by atoms with Gasteiger partial charge in [0.05, 0.1) is 28.4 Å². The monoisotopic (exact) mass is 342 g/mol. The van der Waals surface area contributed by atoms with E-state index in [1.54, 1.807) is 17.4 Å². The molecule has 3 nitrogen and oxygen atoms in total. The lowest BCUT2D eigenvalue weighted by atomic mass is 10.1. The van der Waals surface area contributed by atoms with Gasteiger partial charge in [-0.25, -0.2) is 9.37 Å². The van der Waals surface area contributed by atoms with Gasteiger partial charge in [0.2, 0.25) is 0 Å². The van der Waals surface area contributed by atoms with E-state index in [4.69, 9.17) is 11.6 Å². The fourth-order valence-corrected chi connectivity index (χ4v) is 3.52. The van der Waals surface area contributed by atoms with Gasteiger partial charge in [-0.05, 0) is 38.0 Å². The minimum atomic E-state index is -0.477. The van der Waals surface area contributed by atoms with Crippen LogP contribution in [0.3, 0.4) is 0 Å². The van der Waals surface area contributed by atoms with E-state index in [9.17, 15) is 9.50 Å². The van der Waals surface area contributed by atoms with Crippen molar-refractivity contribution >= 4 is 22.9 Å². The van der Waals surface area contributed by atoms with Crippen LogP contribution in [-0.2, 0) is 6.42 Å². The van der Waals surface area contributed by atoms with Gasteiger partial charge in [-0.15, -0.1) is 11.3 Å². The smallest absolute Gasteiger partial charge is 0.142 e. The topological polar surface area (TPSA) is 45.2 Å². The number of aliphatic hydroxyl groups excluding tert-OH is 1. The first-order valence-corrected chi connectivity index (χ1v) is 8.43. The molecular weight excluding hydrogens is 323 g/mol. The van der Waals surface area contributed by atoms with Crippen LogP contribution in [-0.4, -0.2) is 16.7 Å². The van der Waals surface area contributed by atoms with Gasteiger partial charge in [-0.3, -0.25) is 0 Å². The van der Waals surface area contributed by atoms with Crippen molar-refractivity contribution in [1.82, 2.24) is 10.3 Å². The molecule has 2 aromatic rings. The summed E-state index contributed by atoms with van der Waals surface area (Å²) in [5, 5.41) is 14.1. The number of benzene rings is 1. The van der Waals surface area contributed by atoms with Gasteiger partial charge in [0, 0.05) is 10.9 Å². The van der Waals surface area contributed by atoms with Gasteiger partial charge in [0.1, 0.15) is 5.82 Å². The number of thiazole rings is 1. The summed E-state index contributed by atoms with van der Waals surface area (Å²) in [4.78, 5) is 5.66. The Morgan fingerprint density at radius 2 is 2.18 bits per heavy atom. The third-order valence-electron chi connectivity index (χ3n) is 3.55. The quantitative estimate of drug-likeness (QED) is 0.827. The molecule has 2 rings (SSSR count). The lowest BCUT2D eigenvalue weighted by molar-refractivity contribution is 0.235. The minimum Gasteiger partial charge on any atom is -0.394 e. The summed E-state index contributed by atoms with van der Waals surface area (Å²) in [7, 11) is 0. The molecule has 0 saturated heterocycles. The second-order valence-electron chi connectivity index (χ2n) is 5.21. The maximum absolute atomic E-state index is 13.6. The van der Waals surface area contributed by atoms with Crippen molar-refractivity contribution in [3.63, 3.8) is 0 Å². The first kappa shape index (κ1) is 17.3. The average Bonchev–Trinajstić information content (AvgIpc) is 2.88. The summed E-state index contributed by atoms with van der Waals surface area (Å²) in [5.41, 5.74) is 1.68. The van der Waals surface area contributed by atoms with Crippen LogP contribution in [0.2, 0.25) is 5.02 Å². The third kappa shape index (κ3) is 3.84. The van der Waals surface area contributed by atoms with E-state index >= 15 is 0 Å². The maximum Gasteiger partial charge on any atom is 0.142 e. The van der Waals surface area contributed by atoms with Crippen molar-refractivity contribution < 1.29 is 9.50 Å². The Bertz CT molecular complexity index is 647. The number of hydrogen-bond donors (Lipinski definition) is 2. The molecule has 1 aromatic carbocycles. The number of aliphatic hydroxyl groups is 1. The predicted octanol–water partition coefficient (Wildman–Crippen LogP) is 4.19. The first-order chi connectivity index (χ1) is 10.5. The number of nitrogens with one attached hydrogen (secondary N) is 1. The molecule has 0 aliphatic carbocycles. The van der Waals surface area contributed by atoms with E-state index in [-0.39, 0.29) is 23.7 Å². The molecule has 6 heteroatoms. The van der Waals surface area contributed by atoms with E-state index < -0.39 is 5.82 Å². The van der Waals surface area contributed by atoms with Gasteiger partial charge in [-0.2, -0.15) is 0 Å². The number of nitrogens with zero attached hydrogens (tertiary/aromatic N) is 1. The van der Waals surface area contributed by atoms with E-state index in [0.29, 0.717) is 5.56 Å². The number of hydrogen-bond acceptors (Lipinski definition) is 4. The molecule has 120 valence electrons. The second-order valence-corrected chi connectivity index (χ2v) is 6.73. The third-order valence-corrected chi connectivity index (χ3v) is 5.34. The molecule has 2 unspecified atom stereocenters. The zero-order valence-electron chi connectivity index (χ0n) is 12.9. The lowest BCUT2D eigenvalue weighted by Crippen LogP contribution is -2.27. The molecule has 22 heavy (non-hydrogen) atoms. The highest BCUT2D eigenvalue weighted by atomic mass is 35.5. The van der Waals surface area contributed by atoms with Crippen LogP contribution < -0.4 is 5.32 Å². The van der Waals surface area contributed by atoms with E-state index in [0.717, 1.165) is 22.0 Å². The summed E-state index contributed by atoms with van der Waals surface area (Å²) < 4.78 is 13.6. The van der Waals surface area contributed by atoms with Crippen LogP contribution in [0.15, 0.2) is 18.2 Å². The molecule has 1 aromatic heterocycles. The number of aromatic nitrogens is 1. The molecule has 0 spiro atoms. The van der Waals surface area contributed by atoms with E-state index in [2.05, 4.69) is 17.2 Å². The summed E-state index contributed by atoms with van der Waals surface area (Å²) in [6, 6.07) is 4.26. The average molecular weight is 343 g/mol. The van der Waals surface area contributed by atoms with Gasteiger partial charge in [0.25, 0.3) is 0 Å². The van der Waals surface area contributed by atoms with Crippen LogP contribution in [0.1, 0.15) is 47.1 Å². The summed E-state index contributed by atoms with van der Waals surface area (Å²) >= 11 is 7.38. The Kier molecular flexibility index (Phi) is 5.92. The predicted molar refractivity (Wildman–Crippen MR) is 89.0 cm³/mol. The second kappa shape index (κ2) is 7.51. The molecule has 0 saturated carbocycles. The van der Waals surface area contributed by atoms with Crippen LogP contribution in [0.4, 0.5) is 4.39 Å². The largest absolute Gasteiger partial charge is 0.394 e. The van der Waals surface area contributed by atoms with Gasteiger partial charge >= 0.3 is 0 Å². The van der Waals surface area contributed by atoms with Crippen molar-refractivity contribution in [2.24, 2.45) is 0 Å². The van der Waals surface area contributed by atoms with E-state index in [1.165, 1.54) is 12.1 Å². The van der Waals surface area contributed by atoms with Gasteiger partial charge in [0.15, 0.2) is 0 Å². The molecule has 0 radical (unpaired) electrons. The molecule has 0 amide bonds. The lowest BCUT2D eigenvalue weighted by Gasteiger charge is -2.22. The Morgan fingerprint density at radius 3 is 2.73 bits per heavy atom. The van der Waals surface area contributed by atoms with Crippen LogP contribution in [0.5, 0.6) is 0 Å². The highest BCUT2D eigenvalue weighted by Crippen LogP contribution is 2.28. The highest BCUT2D eigenvalue weighted by Gasteiger charge is 2.19. The Hall–Kier alpha value is -1.01. The number of aryl methyl sites for hydroxylation is 2. The van der Waals surface area contributed by atoms with Crippen molar-refractivity contribution in [2.75, 3.05) is 6.61 Å². The molecule has 0 fully saturated rings. The molecule has 2 atom stereocenters. The fraction of sp³-hybridized carbons (Fsp3) is 0.438. The number of halogens is 2. The standard InChI is InChI=1S/C16H20ClFN2OS/c1-4-15-20-10(3)16(22-15)9(2)19-14(8-21)11-5-6-12(17)13(18)7-11/h5-7,9,14,19,21H,4,8H2,1-3H3. The molecule has 2 N–H and O–H groups in total. The van der Waals surface area contributed by atoms with Crippen molar-refractivity contribution in [2.45, 2.75) is 39.3 Å². The Balaban J connectivity index is 2.18. The Labute approximate surface area is 139 Å². The maximum atomic E-state index is 13.6. The van der Waals surface area contributed by atoms with Gasteiger partial charge < -0.3 is 10.4 Å². The Morgan fingerprint density at radius 1 is 1.45 bits per heavy atom. The zero-order valence-corrected chi connectivity index (χ0v) is 14.4. The van der Waals surface area contributed by atoms with Crippen LogP contribution >= 0.6 is 22.9 Å². The molecule has 0 aliphatic rings. The molecular formula is C16H20ClFN2OS. The molecule has 1 heterocycles. The summed E-state index contributed by atoms with van der Waals surface area (Å²) in [6.45, 7) is 5.96. The fourth-order valence-electron chi connectivity index (χ4n) is 2.38. The first-order valence-electron chi connectivity index (χ1n) is 7.24. The summed E-state index contributed by atoms with van der Waals surface area (Å²) in [6.07, 6.45) is 0.907. The minimum absolute atomic E-state index is 0.0219.